The molecular weight excluding hydrogens is 310 g/mol. The minimum absolute atomic E-state index is 0.0435. The molecule has 0 amide bonds. The molecule has 1 fully saturated rings. The summed E-state index contributed by atoms with van der Waals surface area (Å²) < 4.78 is 6.98. The normalized spacial score (nSPS) is 18.3. The van der Waals surface area contributed by atoms with Crippen molar-refractivity contribution in [1.29, 1.82) is 0 Å². The van der Waals surface area contributed by atoms with Crippen LogP contribution < -0.4 is 10.5 Å². The Balaban J connectivity index is 2.20. The van der Waals surface area contributed by atoms with Gasteiger partial charge >= 0.3 is 0 Å². The standard InChI is InChI=1S/C13H20BrN3O2/c1-16(2)11-7-12(18)17(15-8-11)10-13(9-14)3-5-19-6-4-13/h7-8H,3-6,9-10H2,1-2H3. The molecule has 2 rings (SSSR count). The summed E-state index contributed by atoms with van der Waals surface area (Å²) in [5, 5.41) is 5.16. The van der Waals surface area contributed by atoms with Gasteiger partial charge in [0, 0.05) is 44.1 Å². The molecule has 0 bridgehead atoms. The lowest BCUT2D eigenvalue weighted by Crippen LogP contribution is -2.39. The number of hydrogen-bond donors (Lipinski definition) is 0. The number of rotatable bonds is 4. The highest BCUT2D eigenvalue weighted by atomic mass is 79.9. The van der Waals surface area contributed by atoms with Crippen molar-refractivity contribution in [3.63, 3.8) is 0 Å². The summed E-state index contributed by atoms with van der Waals surface area (Å²) in [6, 6.07) is 1.63. The molecular formula is C13H20BrN3O2. The maximum atomic E-state index is 12.1. The van der Waals surface area contributed by atoms with Gasteiger partial charge in [0.2, 0.25) is 0 Å². The Morgan fingerprint density at radius 3 is 2.68 bits per heavy atom. The zero-order valence-corrected chi connectivity index (χ0v) is 13.0. The molecule has 0 saturated carbocycles. The molecule has 0 N–H and O–H groups in total. The SMILES string of the molecule is CN(C)c1cnn(CC2(CBr)CCOCC2)c(=O)c1. The number of nitrogens with zero attached hydrogens (tertiary/aromatic N) is 3. The number of alkyl halides is 1. The first-order valence-corrected chi connectivity index (χ1v) is 7.57. The molecule has 0 aromatic carbocycles. The Kier molecular flexibility index (Phi) is 4.62. The van der Waals surface area contributed by atoms with Crippen LogP contribution in [0.1, 0.15) is 12.8 Å². The zero-order valence-electron chi connectivity index (χ0n) is 11.4. The van der Waals surface area contributed by atoms with Gasteiger partial charge in [-0.2, -0.15) is 5.10 Å². The predicted molar refractivity (Wildman–Crippen MR) is 79.1 cm³/mol. The fourth-order valence-corrected chi connectivity index (χ4v) is 2.98. The Hall–Kier alpha value is -0.880. The first-order valence-electron chi connectivity index (χ1n) is 6.45. The topological polar surface area (TPSA) is 47.4 Å². The van der Waals surface area contributed by atoms with Crippen LogP contribution >= 0.6 is 15.9 Å². The quantitative estimate of drug-likeness (QED) is 0.785. The van der Waals surface area contributed by atoms with Crippen molar-refractivity contribution in [2.45, 2.75) is 19.4 Å². The second kappa shape index (κ2) is 6.05. The molecule has 6 heteroatoms. The second-order valence-electron chi connectivity index (χ2n) is 5.35. The van der Waals surface area contributed by atoms with Gasteiger partial charge in [-0.1, -0.05) is 15.9 Å². The van der Waals surface area contributed by atoms with Gasteiger partial charge in [-0.15, -0.1) is 0 Å². The summed E-state index contributed by atoms with van der Waals surface area (Å²) in [4.78, 5) is 14.0. The molecule has 0 aliphatic carbocycles. The molecule has 2 heterocycles. The smallest absolute Gasteiger partial charge is 0.268 e. The summed E-state index contributed by atoms with van der Waals surface area (Å²) in [6.07, 6.45) is 3.66. The van der Waals surface area contributed by atoms with E-state index in [1.54, 1.807) is 16.9 Å². The average Bonchev–Trinajstić information content (AvgIpc) is 2.42. The third-order valence-corrected chi connectivity index (χ3v) is 4.88. The first kappa shape index (κ1) is 14.5. The van der Waals surface area contributed by atoms with Gasteiger partial charge in [0.15, 0.2) is 0 Å². The lowest BCUT2D eigenvalue weighted by atomic mass is 9.82. The van der Waals surface area contributed by atoms with Crippen molar-refractivity contribution in [3.05, 3.63) is 22.6 Å². The van der Waals surface area contributed by atoms with Crippen molar-refractivity contribution in [1.82, 2.24) is 9.78 Å². The largest absolute Gasteiger partial charge is 0.381 e. The molecule has 1 saturated heterocycles. The van der Waals surface area contributed by atoms with Crippen LogP contribution in [0.25, 0.3) is 0 Å². The molecule has 1 aromatic rings. The average molecular weight is 330 g/mol. The molecule has 1 aliphatic heterocycles. The van der Waals surface area contributed by atoms with E-state index in [0.717, 1.165) is 37.1 Å². The van der Waals surface area contributed by atoms with E-state index in [4.69, 9.17) is 4.74 Å². The minimum atomic E-state index is -0.0435. The van der Waals surface area contributed by atoms with Crippen LogP contribution in [-0.4, -0.2) is 42.4 Å². The van der Waals surface area contributed by atoms with Gasteiger partial charge in [0.25, 0.3) is 5.56 Å². The Bertz CT molecular complexity index is 481. The van der Waals surface area contributed by atoms with Crippen LogP contribution in [0.2, 0.25) is 0 Å². The molecule has 1 aromatic heterocycles. The van der Waals surface area contributed by atoms with E-state index in [9.17, 15) is 4.79 Å². The van der Waals surface area contributed by atoms with Gasteiger partial charge in [-0.25, -0.2) is 4.68 Å². The molecule has 0 atom stereocenters. The van der Waals surface area contributed by atoms with Crippen LogP contribution in [-0.2, 0) is 11.3 Å². The molecule has 5 nitrogen and oxygen atoms in total. The number of anilines is 1. The fourth-order valence-electron chi connectivity index (χ4n) is 2.24. The van der Waals surface area contributed by atoms with Crippen LogP contribution in [0.3, 0.4) is 0 Å². The third kappa shape index (κ3) is 3.36. The van der Waals surface area contributed by atoms with Crippen LogP contribution in [0.4, 0.5) is 5.69 Å². The summed E-state index contributed by atoms with van der Waals surface area (Å²) in [7, 11) is 3.80. The molecule has 1 aliphatic rings. The Morgan fingerprint density at radius 2 is 2.16 bits per heavy atom. The van der Waals surface area contributed by atoms with Gasteiger partial charge in [-0.3, -0.25) is 4.79 Å². The van der Waals surface area contributed by atoms with E-state index >= 15 is 0 Å². The van der Waals surface area contributed by atoms with Gasteiger partial charge in [0.1, 0.15) is 0 Å². The maximum absolute atomic E-state index is 12.1. The van der Waals surface area contributed by atoms with E-state index in [1.165, 1.54) is 0 Å². The zero-order chi connectivity index (χ0) is 13.9. The highest BCUT2D eigenvalue weighted by Gasteiger charge is 2.32. The Labute approximate surface area is 121 Å². The van der Waals surface area contributed by atoms with E-state index < -0.39 is 0 Å². The van der Waals surface area contributed by atoms with E-state index in [1.807, 2.05) is 19.0 Å². The highest BCUT2D eigenvalue weighted by Crippen LogP contribution is 2.33. The van der Waals surface area contributed by atoms with Crippen molar-refractivity contribution >= 4 is 21.6 Å². The van der Waals surface area contributed by atoms with Crippen molar-refractivity contribution in [2.24, 2.45) is 5.41 Å². The summed E-state index contributed by atoms with van der Waals surface area (Å²) in [6.45, 7) is 2.17. The van der Waals surface area contributed by atoms with Crippen LogP contribution in [0.5, 0.6) is 0 Å². The number of aromatic nitrogens is 2. The van der Waals surface area contributed by atoms with Gasteiger partial charge in [0.05, 0.1) is 18.4 Å². The van der Waals surface area contributed by atoms with Crippen molar-refractivity contribution in [2.75, 3.05) is 37.5 Å². The number of ether oxygens (including phenoxy) is 1. The van der Waals surface area contributed by atoms with Gasteiger partial charge in [-0.05, 0) is 12.8 Å². The van der Waals surface area contributed by atoms with E-state index in [2.05, 4.69) is 21.0 Å². The number of halogens is 1. The van der Waals surface area contributed by atoms with Crippen LogP contribution in [0.15, 0.2) is 17.1 Å². The molecule has 19 heavy (non-hydrogen) atoms. The highest BCUT2D eigenvalue weighted by molar-refractivity contribution is 9.09. The van der Waals surface area contributed by atoms with Crippen molar-refractivity contribution in [3.8, 4) is 0 Å². The van der Waals surface area contributed by atoms with Gasteiger partial charge < -0.3 is 9.64 Å². The summed E-state index contributed by atoms with van der Waals surface area (Å²) in [5.41, 5.74) is 0.869. The van der Waals surface area contributed by atoms with Crippen molar-refractivity contribution < 1.29 is 4.74 Å². The van der Waals surface area contributed by atoms with E-state index in [-0.39, 0.29) is 11.0 Å². The third-order valence-electron chi connectivity index (χ3n) is 3.69. The molecule has 0 radical (unpaired) electrons. The Morgan fingerprint density at radius 1 is 1.47 bits per heavy atom. The fraction of sp³-hybridized carbons (Fsp3) is 0.692. The lowest BCUT2D eigenvalue weighted by molar-refractivity contribution is 0.0163. The molecule has 0 unspecified atom stereocenters. The molecule has 0 spiro atoms. The predicted octanol–water partition coefficient (Wildman–Crippen LogP) is 1.50. The minimum Gasteiger partial charge on any atom is -0.381 e. The lowest BCUT2D eigenvalue weighted by Gasteiger charge is -2.35. The maximum Gasteiger partial charge on any atom is 0.268 e. The second-order valence-corrected chi connectivity index (χ2v) is 5.91. The van der Waals surface area contributed by atoms with Crippen LogP contribution in [0, 0.1) is 5.41 Å². The number of hydrogen-bond acceptors (Lipinski definition) is 4. The van der Waals surface area contributed by atoms with E-state index in [0.29, 0.717) is 6.54 Å². The molecule has 106 valence electrons. The monoisotopic (exact) mass is 329 g/mol. The summed E-state index contributed by atoms with van der Waals surface area (Å²) in [5.74, 6) is 0. The first-order chi connectivity index (χ1) is 9.06. The summed E-state index contributed by atoms with van der Waals surface area (Å²) >= 11 is 3.58.